The second-order valence-electron chi connectivity index (χ2n) is 6.25. The van der Waals surface area contributed by atoms with Gasteiger partial charge in [-0.2, -0.15) is 0 Å². The maximum atomic E-state index is 11.8. The van der Waals surface area contributed by atoms with Crippen LogP contribution in [0.3, 0.4) is 0 Å². The molecule has 0 spiro atoms. The fraction of sp³-hybridized carbons (Fsp3) is 0.529. The molecule has 6 nitrogen and oxygen atoms in total. The summed E-state index contributed by atoms with van der Waals surface area (Å²) in [6, 6.07) is 6.91. The largest absolute Gasteiger partial charge is 0.394 e. The molecule has 2 rings (SSSR count). The van der Waals surface area contributed by atoms with Gasteiger partial charge >= 0.3 is 0 Å². The van der Waals surface area contributed by atoms with Gasteiger partial charge in [0.05, 0.1) is 12.6 Å². The van der Waals surface area contributed by atoms with Crippen LogP contribution in [-0.2, 0) is 14.3 Å². The predicted molar refractivity (Wildman–Crippen MR) is 86.9 cm³/mol. The monoisotopic (exact) mass is 320 g/mol. The highest BCUT2D eigenvalue weighted by molar-refractivity contribution is 5.90. The van der Waals surface area contributed by atoms with Crippen molar-refractivity contribution in [3.05, 3.63) is 29.8 Å². The molecule has 2 N–H and O–H groups in total. The van der Waals surface area contributed by atoms with Crippen LogP contribution < -0.4 is 5.32 Å². The van der Waals surface area contributed by atoms with E-state index in [0.29, 0.717) is 12.3 Å². The molecule has 0 saturated carbocycles. The van der Waals surface area contributed by atoms with Crippen molar-refractivity contribution in [2.24, 2.45) is 5.92 Å². The molecule has 0 radical (unpaired) electrons. The number of anilines is 1. The molecule has 6 heteroatoms. The molecule has 0 unspecified atom stereocenters. The number of carbonyl (C=O) groups is 2. The smallest absolute Gasteiger partial charge is 0.248 e. The molecular formula is C17H24N2O4. The lowest BCUT2D eigenvalue weighted by molar-refractivity contribution is -0.157. The Morgan fingerprint density at radius 1 is 1.39 bits per heavy atom. The standard InChI is InChI=1S/C17H24N2O4/c1-11(2)8-15(21)18-13-6-4-12(5-7-13)17-14(9-20)19(3)16(22)10-23-17/h4-7,11,14,17,20H,8-10H2,1-3H3,(H,18,21)/t14-,17-/m1/s1. The number of amides is 2. The fourth-order valence-electron chi connectivity index (χ4n) is 2.64. The molecule has 1 saturated heterocycles. The van der Waals surface area contributed by atoms with E-state index in [0.717, 1.165) is 11.3 Å². The van der Waals surface area contributed by atoms with Crippen molar-refractivity contribution in [3.63, 3.8) is 0 Å². The first-order valence-electron chi connectivity index (χ1n) is 7.80. The number of aliphatic hydroxyl groups excluding tert-OH is 1. The second-order valence-corrected chi connectivity index (χ2v) is 6.25. The van der Waals surface area contributed by atoms with E-state index >= 15 is 0 Å². The third-order valence-corrected chi connectivity index (χ3v) is 3.93. The maximum absolute atomic E-state index is 11.8. The summed E-state index contributed by atoms with van der Waals surface area (Å²) < 4.78 is 5.59. The first kappa shape index (κ1) is 17.4. The number of rotatable bonds is 5. The van der Waals surface area contributed by atoms with E-state index in [1.807, 2.05) is 38.1 Å². The molecular weight excluding hydrogens is 296 g/mol. The topological polar surface area (TPSA) is 78.9 Å². The van der Waals surface area contributed by atoms with Crippen molar-refractivity contribution in [2.45, 2.75) is 32.4 Å². The van der Waals surface area contributed by atoms with Crippen LogP contribution in [0.15, 0.2) is 24.3 Å². The number of nitrogens with zero attached hydrogens (tertiary/aromatic N) is 1. The SMILES string of the molecule is CC(C)CC(=O)Nc1ccc([C@H]2OCC(=O)N(C)[C@@H]2CO)cc1. The van der Waals surface area contributed by atoms with Crippen LogP contribution in [0, 0.1) is 5.92 Å². The number of ether oxygens (including phenoxy) is 1. The van der Waals surface area contributed by atoms with E-state index in [9.17, 15) is 14.7 Å². The number of hydrogen-bond donors (Lipinski definition) is 2. The van der Waals surface area contributed by atoms with Crippen LogP contribution in [0.1, 0.15) is 31.9 Å². The van der Waals surface area contributed by atoms with Crippen molar-refractivity contribution in [1.29, 1.82) is 0 Å². The van der Waals surface area contributed by atoms with Gasteiger partial charge in [-0.15, -0.1) is 0 Å². The minimum absolute atomic E-state index is 0.00451. The summed E-state index contributed by atoms with van der Waals surface area (Å²) in [5.74, 6) is 0.154. The summed E-state index contributed by atoms with van der Waals surface area (Å²) in [6.45, 7) is 3.83. The van der Waals surface area contributed by atoms with Crippen LogP contribution in [0.5, 0.6) is 0 Å². The zero-order chi connectivity index (χ0) is 17.0. The van der Waals surface area contributed by atoms with Crippen molar-refractivity contribution < 1.29 is 19.4 Å². The Labute approximate surface area is 136 Å². The highest BCUT2D eigenvalue weighted by Crippen LogP contribution is 2.29. The summed E-state index contributed by atoms with van der Waals surface area (Å²) in [6.07, 6.45) is 0.107. The van der Waals surface area contributed by atoms with E-state index in [1.54, 1.807) is 7.05 Å². The number of hydrogen-bond acceptors (Lipinski definition) is 4. The van der Waals surface area contributed by atoms with Crippen LogP contribution in [0.4, 0.5) is 5.69 Å². The van der Waals surface area contributed by atoms with Crippen LogP contribution in [0.2, 0.25) is 0 Å². The number of morpholine rings is 1. The first-order valence-corrected chi connectivity index (χ1v) is 7.80. The van der Waals surface area contributed by atoms with Crippen LogP contribution in [-0.4, -0.2) is 48.1 Å². The van der Waals surface area contributed by atoms with Gasteiger partial charge < -0.3 is 20.1 Å². The normalized spacial score (nSPS) is 21.6. The van der Waals surface area contributed by atoms with Gasteiger partial charge in [0.15, 0.2) is 0 Å². The van der Waals surface area contributed by atoms with Crippen LogP contribution >= 0.6 is 0 Å². The third kappa shape index (κ3) is 4.30. The number of benzene rings is 1. The molecule has 126 valence electrons. The van der Waals surface area contributed by atoms with Crippen LogP contribution in [0.25, 0.3) is 0 Å². The summed E-state index contributed by atoms with van der Waals surface area (Å²) in [5.41, 5.74) is 1.59. The van der Waals surface area contributed by atoms with E-state index in [4.69, 9.17) is 4.74 Å². The quantitative estimate of drug-likeness (QED) is 0.863. The van der Waals surface area contributed by atoms with Crippen molar-refractivity contribution in [1.82, 2.24) is 4.90 Å². The van der Waals surface area contributed by atoms with Crippen molar-refractivity contribution in [2.75, 3.05) is 25.6 Å². The molecule has 1 aromatic carbocycles. The predicted octanol–water partition coefficient (Wildman–Crippen LogP) is 1.56. The summed E-state index contributed by atoms with van der Waals surface area (Å²) >= 11 is 0. The lowest BCUT2D eigenvalue weighted by atomic mass is 9.99. The Balaban J connectivity index is 2.06. The number of aliphatic hydroxyl groups is 1. The molecule has 23 heavy (non-hydrogen) atoms. The average molecular weight is 320 g/mol. The Morgan fingerprint density at radius 2 is 2.04 bits per heavy atom. The summed E-state index contributed by atoms with van der Waals surface area (Å²) in [7, 11) is 1.67. The molecule has 0 bridgehead atoms. The number of nitrogens with one attached hydrogen (secondary N) is 1. The number of likely N-dealkylation sites (N-methyl/N-ethyl adjacent to an activating group) is 1. The minimum atomic E-state index is -0.405. The lowest BCUT2D eigenvalue weighted by Gasteiger charge is -2.38. The molecule has 0 aromatic heterocycles. The van der Waals surface area contributed by atoms with E-state index in [1.165, 1.54) is 4.90 Å². The highest BCUT2D eigenvalue weighted by atomic mass is 16.5. The van der Waals surface area contributed by atoms with Crippen molar-refractivity contribution in [3.8, 4) is 0 Å². The van der Waals surface area contributed by atoms with Gasteiger partial charge in [0.25, 0.3) is 0 Å². The molecule has 2 amide bonds. The molecule has 0 aliphatic carbocycles. The van der Waals surface area contributed by atoms with E-state index in [2.05, 4.69) is 5.32 Å². The van der Waals surface area contributed by atoms with Gasteiger partial charge in [-0.3, -0.25) is 9.59 Å². The second kappa shape index (κ2) is 7.57. The maximum Gasteiger partial charge on any atom is 0.248 e. The first-order chi connectivity index (χ1) is 10.9. The van der Waals surface area contributed by atoms with Gasteiger partial charge in [0, 0.05) is 19.2 Å². The molecule has 2 atom stereocenters. The van der Waals surface area contributed by atoms with Gasteiger partial charge in [-0.25, -0.2) is 0 Å². The zero-order valence-corrected chi connectivity index (χ0v) is 13.8. The van der Waals surface area contributed by atoms with Gasteiger partial charge in [-0.05, 0) is 23.6 Å². The lowest BCUT2D eigenvalue weighted by Crippen LogP contribution is -2.50. The fourth-order valence-corrected chi connectivity index (χ4v) is 2.64. The highest BCUT2D eigenvalue weighted by Gasteiger charge is 2.34. The zero-order valence-electron chi connectivity index (χ0n) is 13.8. The number of carbonyl (C=O) groups excluding carboxylic acids is 2. The average Bonchev–Trinajstić information content (AvgIpc) is 2.50. The molecule has 1 aromatic rings. The Kier molecular flexibility index (Phi) is 5.74. The summed E-state index contributed by atoms with van der Waals surface area (Å²) in [4.78, 5) is 24.9. The van der Waals surface area contributed by atoms with Gasteiger partial charge in [0.2, 0.25) is 11.8 Å². The molecule has 1 aliphatic heterocycles. The molecule has 1 heterocycles. The van der Waals surface area contributed by atoms with E-state index in [-0.39, 0.29) is 31.1 Å². The minimum Gasteiger partial charge on any atom is -0.394 e. The molecule has 1 fully saturated rings. The van der Waals surface area contributed by atoms with E-state index < -0.39 is 6.04 Å². The third-order valence-electron chi connectivity index (χ3n) is 3.93. The molecule has 1 aliphatic rings. The van der Waals surface area contributed by atoms with Crippen molar-refractivity contribution >= 4 is 17.5 Å². The van der Waals surface area contributed by atoms with Gasteiger partial charge in [-0.1, -0.05) is 26.0 Å². The Morgan fingerprint density at radius 3 is 2.61 bits per heavy atom. The van der Waals surface area contributed by atoms with Gasteiger partial charge in [0.1, 0.15) is 12.7 Å². The Hall–Kier alpha value is -1.92. The Bertz CT molecular complexity index is 556. The summed E-state index contributed by atoms with van der Waals surface area (Å²) in [5, 5.41) is 12.4.